The fourth-order valence-corrected chi connectivity index (χ4v) is 3.75. The highest BCUT2D eigenvalue weighted by atomic mass is 19.4. The Morgan fingerprint density at radius 3 is 2.13 bits per heavy atom. The van der Waals surface area contributed by atoms with Crippen molar-refractivity contribution in [1.82, 2.24) is 4.90 Å². The highest BCUT2D eigenvalue weighted by molar-refractivity contribution is 5.79. The number of fused-ring (bicyclic) bond motifs is 3. The summed E-state index contributed by atoms with van der Waals surface area (Å²) in [6.07, 6.45) is -0.343. The van der Waals surface area contributed by atoms with E-state index in [9.17, 15) is 23.1 Å². The summed E-state index contributed by atoms with van der Waals surface area (Å²) in [5, 5.41) is 11.9. The Bertz CT molecular complexity index is 799. The van der Waals surface area contributed by atoms with Crippen LogP contribution in [0.4, 0.5) is 18.9 Å². The number of hydrogen-bond donors (Lipinski definition) is 2. The molecule has 3 heterocycles. The normalized spacial score (nSPS) is 21.2. The number of rotatable bonds is 5. The molecule has 2 aromatic rings. The molecule has 2 aromatic carbocycles. The van der Waals surface area contributed by atoms with Crippen molar-refractivity contribution in [3.05, 3.63) is 60.2 Å². The SMILES string of the molecule is C1CN2CCC1CC2.O=C(O)C(Nc1cccc(OC(F)(F)F)c1)c1ccccc1. The summed E-state index contributed by atoms with van der Waals surface area (Å²) < 4.78 is 40.4. The number of carboxylic acids is 1. The predicted octanol–water partition coefficient (Wildman–Crippen LogP) is 4.93. The van der Waals surface area contributed by atoms with E-state index in [4.69, 9.17) is 0 Å². The minimum Gasteiger partial charge on any atom is -0.479 e. The molecule has 3 aliphatic rings. The maximum absolute atomic E-state index is 12.2. The molecule has 8 heteroatoms. The minimum absolute atomic E-state index is 0.206. The van der Waals surface area contributed by atoms with Gasteiger partial charge in [0.1, 0.15) is 5.75 Å². The molecule has 0 radical (unpaired) electrons. The zero-order valence-corrected chi connectivity index (χ0v) is 16.4. The van der Waals surface area contributed by atoms with E-state index >= 15 is 0 Å². The quantitative estimate of drug-likeness (QED) is 0.716. The summed E-state index contributed by atoms with van der Waals surface area (Å²) in [4.78, 5) is 13.9. The molecule has 5 rings (SSSR count). The second-order valence-electron chi connectivity index (χ2n) is 7.48. The van der Waals surface area contributed by atoms with Crippen molar-refractivity contribution in [2.45, 2.75) is 31.7 Å². The van der Waals surface area contributed by atoms with E-state index < -0.39 is 24.1 Å². The Morgan fingerprint density at radius 2 is 1.67 bits per heavy atom. The van der Waals surface area contributed by atoms with Gasteiger partial charge in [-0.05, 0) is 62.5 Å². The van der Waals surface area contributed by atoms with Crippen molar-refractivity contribution >= 4 is 11.7 Å². The Labute approximate surface area is 173 Å². The van der Waals surface area contributed by atoms with Gasteiger partial charge in [0, 0.05) is 11.8 Å². The van der Waals surface area contributed by atoms with Crippen LogP contribution in [0.25, 0.3) is 0 Å². The third-order valence-electron chi connectivity index (χ3n) is 5.32. The fourth-order valence-electron chi connectivity index (χ4n) is 3.75. The van der Waals surface area contributed by atoms with Gasteiger partial charge >= 0.3 is 12.3 Å². The van der Waals surface area contributed by atoms with Gasteiger partial charge < -0.3 is 20.1 Å². The molecule has 2 bridgehead atoms. The summed E-state index contributed by atoms with van der Waals surface area (Å²) in [5.74, 6) is -0.456. The number of piperidine rings is 3. The molecule has 0 spiro atoms. The van der Waals surface area contributed by atoms with E-state index in [1.807, 2.05) is 0 Å². The number of nitrogens with one attached hydrogen (secondary N) is 1. The molecule has 3 fully saturated rings. The number of alkyl halides is 3. The summed E-state index contributed by atoms with van der Waals surface area (Å²) in [5.41, 5.74) is 0.690. The van der Waals surface area contributed by atoms with Crippen LogP contribution in [0.5, 0.6) is 5.75 Å². The number of nitrogens with zero attached hydrogens (tertiary/aromatic N) is 1. The van der Waals surface area contributed by atoms with Crippen LogP contribution in [0.2, 0.25) is 0 Å². The van der Waals surface area contributed by atoms with Crippen LogP contribution in [0, 0.1) is 5.92 Å². The van der Waals surface area contributed by atoms with Crippen LogP contribution in [0.3, 0.4) is 0 Å². The monoisotopic (exact) mass is 422 g/mol. The second kappa shape index (κ2) is 9.84. The van der Waals surface area contributed by atoms with E-state index in [1.54, 1.807) is 30.3 Å². The molecular formula is C22H25F3N2O3. The molecule has 3 saturated heterocycles. The first-order valence-corrected chi connectivity index (χ1v) is 9.92. The van der Waals surface area contributed by atoms with Crippen LogP contribution in [-0.4, -0.2) is 42.0 Å². The van der Waals surface area contributed by atoms with Gasteiger partial charge in [-0.15, -0.1) is 13.2 Å². The predicted molar refractivity (Wildman–Crippen MR) is 107 cm³/mol. The maximum Gasteiger partial charge on any atom is 0.573 e. The molecule has 5 nitrogen and oxygen atoms in total. The van der Waals surface area contributed by atoms with Gasteiger partial charge in [0.05, 0.1) is 0 Å². The molecule has 0 aromatic heterocycles. The number of anilines is 1. The van der Waals surface area contributed by atoms with Gasteiger partial charge in [-0.2, -0.15) is 0 Å². The van der Waals surface area contributed by atoms with Crippen LogP contribution in [-0.2, 0) is 4.79 Å². The average Bonchev–Trinajstić information content (AvgIpc) is 2.73. The number of benzene rings is 2. The van der Waals surface area contributed by atoms with Gasteiger partial charge in [0.25, 0.3) is 0 Å². The lowest BCUT2D eigenvalue weighted by Crippen LogP contribution is -2.41. The number of aliphatic carboxylic acids is 1. The highest BCUT2D eigenvalue weighted by Crippen LogP contribution is 2.28. The summed E-state index contributed by atoms with van der Waals surface area (Å²) >= 11 is 0. The van der Waals surface area contributed by atoms with E-state index in [1.165, 1.54) is 51.0 Å². The van der Waals surface area contributed by atoms with Crippen LogP contribution >= 0.6 is 0 Å². The van der Waals surface area contributed by atoms with Crippen LogP contribution in [0.1, 0.15) is 30.9 Å². The second-order valence-corrected chi connectivity index (χ2v) is 7.48. The van der Waals surface area contributed by atoms with Gasteiger partial charge in [0.15, 0.2) is 6.04 Å². The van der Waals surface area contributed by atoms with Gasteiger partial charge in [0.2, 0.25) is 0 Å². The first kappa shape index (κ1) is 22.0. The van der Waals surface area contributed by atoms with E-state index in [0.29, 0.717) is 5.56 Å². The Kier molecular flexibility index (Phi) is 7.20. The summed E-state index contributed by atoms with van der Waals surface area (Å²) in [6, 6.07) is 12.3. The Balaban J connectivity index is 0.000000263. The molecule has 1 atom stereocenters. The van der Waals surface area contributed by atoms with Crippen molar-refractivity contribution in [2.75, 3.05) is 25.0 Å². The van der Waals surface area contributed by atoms with Crippen molar-refractivity contribution in [2.24, 2.45) is 5.92 Å². The molecule has 0 amide bonds. The molecule has 0 saturated carbocycles. The first-order chi connectivity index (χ1) is 14.3. The standard InChI is InChI=1S/C15H12F3NO3.C7H13N/c16-15(17,18)22-12-8-4-7-11(9-12)19-13(14(20)21)10-5-2-1-3-6-10;1-4-8-5-2-7(1)3-6-8/h1-9,13,19H,(H,20,21);7H,1-6H2. The lowest BCUT2D eigenvalue weighted by molar-refractivity contribution is -0.274. The first-order valence-electron chi connectivity index (χ1n) is 9.92. The van der Waals surface area contributed by atoms with Crippen molar-refractivity contribution in [3.63, 3.8) is 0 Å². The molecule has 3 aliphatic heterocycles. The third kappa shape index (κ3) is 6.66. The van der Waals surface area contributed by atoms with Gasteiger partial charge in [-0.3, -0.25) is 0 Å². The minimum atomic E-state index is -4.80. The molecule has 1 unspecified atom stereocenters. The topological polar surface area (TPSA) is 61.8 Å². The number of carboxylic acid groups (broad SMARTS) is 1. The van der Waals surface area contributed by atoms with Gasteiger partial charge in [-0.25, -0.2) is 4.79 Å². The van der Waals surface area contributed by atoms with Crippen molar-refractivity contribution in [1.29, 1.82) is 0 Å². The zero-order chi connectivity index (χ0) is 21.6. The summed E-state index contributed by atoms with van der Waals surface area (Å²) in [6.45, 7) is 4.18. The maximum atomic E-state index is 12.2. The Morgan fingerprint density at radius 1 is 1.03 bits per heavy atom. The fraction of sp³-hybridized carbons (Fsp3) is 0.409. The lowest BCUT2D eigenvalue weighted by Gasteiger charge is -2.38. The number of halogens is 3. The van der Waals surface area contributed by atoms with E-state index in [0.717, 1.165) is 18.1 Å². The van der Waals surface area contributed by atoms with E-state index in [2.05, 4.69) is 15.0 Å². The largest absolute Gasteiger partial charge is 0.573 e. The number of carbonyl (C=O) groups is 1. The van der Waals surface area contributed by atoms with Crippen LogP contribution in [0.15, 0.2) is 54.6 Å². The Hall–Kier alpha value is -2.74. The van der Waals surface area contributed by atoms with Crippen LogP contribution < -0.4 is 10.1 Å². The highest BCUT2D eigenvalue weighted by Gasteiger charge is 2.31. The smallest absolute Gasteiger partial charge is 0.479 e. The number of hydrogen-bond acceptors (Lipinski definition) is 4. The summed E-state index contributed by atoms with van der Waals surface area (Å²) in [7, 11) is 0. The van der Waals surface area contributed by atoms with Crippen molar-refractivity contribution in [3.8, 4) is 5.75 Å². The molecule has 0 aliphatic carbocycles. The van der Waals surface area contributed by atoms with Crippen molar-refractivity contribution < 1.29 is 27.8 Å². The van der Waals surface area contributed by atoms with Gasteiger partial charge in [-0.1, -0.05) is 36.4 Å². The molecule has 162 valence electrons. The molecular weight excluding hydrogens is 397 g/mol. The third-order valence-corrected chi connectivity index (χ3v) is 5.32. The zero-order valence-electron chi connectivity index (χ0n) is 16.4. The lowest BCUT2D eigenvalue weighted by atomic mass is 9.89. The number of ether oxygens (including phenoxy) is 1. The molecule has 30 heavy (non-hydrogen) atoms. The average molecular weight is 422 g/mol. The molecule has 2 N–H and O–H groups in total. The van der Waals surface area contributed by atoms with E-state index in [-0.39, 0.29) is 5.69 Å².